The van der Waals surface area contributed by atoms with E-state index < -0.39 is 10.0 Å². The van der Waals surface area contributed by atoms with Crippen LogP contribution in [-0.4, -0.2) is 19.9 Å². The molecule has 0 bridgehead atoms. The standard InChI is InChI=1S/C13H22N4O2S/c14-17-12-8-4-9-15-13(12)20(18,19)16-10-3-7-11-5-1-2-6-11/h4,8-9,11,16-17H,1-3,5-7,10,14H2. The van der Waals surface area contributed by atoms with Gasteiger partial charge in [-0.1, -0.05) is 25.7 Å². The summed E-state index contributed by atoms with van der Waals surface area (Å²) in [4.78, 5) is 3.88. The van der Waals surface area contributed by atoms with Gasteiger partial charge in [0.25, 0.3) is 10.0 Å². The number of nitrogen functional groups attached to an aromatic ring is 1. The van der Waals surface area contributed by atoms with Crippen LogP contribution in [0.2, 0.25) is 0 Å². The molecule has 0 spiro atoms. The van der Waals surface area contributed by atoms with Crippen LogP contribution in [0, 0.1) is 5.92 Å². The number of aromatic nitrogens is 1. The first kappa shape index (κ1) is 15.2. The van der Waals surface area contributed by atoms with Gasteiger partial charge >= 0.3 is 0 Å². The summed E-state index contributed by atoms with van der Waals surface area (Å²) in [5.41, 5.74) is 2.66. The van der Waals surface area contributed by atoms with E-state index in [1.54, 1.807) is 12.1 Å². The van der Waals surface area contributed by atoms with Crippen LogP contribution in [0.1, 0.15) is 38.5 Å². The van der Waals surface area contributed by atoms with Crippen LogP contribution in [-0.2, 0) is 10.0 Å². The Balaban J connectivity index is 1.87. The highest BCUT2D eigenvalue weighted by Crippen LogP contribution is 2.28. The molecule has 7 heteroatoms. The second-order valence-electron chi connectivity index (χ2n) is 5.19. The molecule has 112 valence electrons. The first-order chi connectivity index (χ1) is 9.63. The van der Waals surface area contributed by atoms with Gasteiger partial charge in [-0.25, -0.2) is 18.1 Å². The van der Waals surface area contributed by atoms with Crippen LogP contribution in [0.25, 0.3) is 0 Å². The summed E-state index contributed by atoms with van der Waals surface area (Å²) in [5, 5.41) is -0.0524. The van der Waals surface area contributed by atoms with Crippen LogP contribution < -0.4 is 16.0 Å². The van der Waals surface area contributed by atoms with Gasteiger partial charge < -0.3 is 5.43 Å². The molecule has 1 saturated carbocycles. The van der Waals surface area contributed by atoms with Crippen molar-refractivity contribution in [2.75, 3.05) is 12.0 Å². The number of hydrazine groups is 1. The second-order valence-corrected chi connectivity index (χ2v) is 6.87. The van der Waals surface area contributed by atoms with Crippen molar-refractivity contribution in [3.63, 3.8) is 0 Å². The predicted octanol–water partition coefficient (Wildman–Crippen LogP) is 1.62. The summed E-state index contributed by atoms with van der Waals surface area (Å²) >= 11 is 0. The Hall–Kier alpha value is -1.18. The summed E-state index contributed by atoms with van der Waals surface area (Å²) in [6.45, 7) is 0.444. The lowest BCUT2D eigenvalue weighted by Gasteiger charge is -2.11. The molecule has 0 aliphatic heterocycles. The molecule has 0 radical (unpaired) electrons. The fourth-order valence-corrected chi connectivity index (χ4v) is 3.85. The lowest BCUT2D eigenvalue weighted by Crippen LogP contribution is -2.27. The Bertz CT molecular complexity index is 527. The molecule has 1 fully saturated rings. The van der Waals surface area contributed by atoms with Crippen LogP contribution in [0.15, 0.2) is 23.4 Å². The van der Waals surface area contributed by atoms with Crippen molar-refractivity contribution in [1.29, 1.82) is 0 Å². The van der Waals surface area contributed by atoms with Crippen LogP contribution in [0.3, 0.4) is 0 Å². The maximum Gasteiger partial charge on any atom is 0.260 e. The largest absolute Gasteiger partial charge is 0.321 e. The maximum absolute atomic E-state index is 12.1. The Morgan fingerprint density at radius 2 is 2.10 bits per heavy atom. The smallest absolute Gasteiger partial charge is 0.260 e. The average molecular weight is 298 g/mol. The molecular formula is C13H22N4O2S. The van der Waals surface area contributed by atoms with Gasteiger partial charge in [0.05, 0.1) is 5.69 Å². The summed E-state index contributed by atoms with van der Waals surface area (Å²) < 4.78 is 26.9. The number of sulfonamides is 1. The fraction of sp³-hybridized carbons (Fsp3) is 0.615. The van der Waals surface area contributed by atoms with Gasteiger partial charge in [0.1, 0.15) is 0 Å². The minimum Gasteiger partial charge on any atom is -0.321 e. The zero-order valence-electron chi connectivity index (χ0n) is 11.5. The molecule has 20 heavy (non-hydrogen) atoms. The summed E-state index contributed by atoms with van der Waals surface area (Å²) in [6, 6.07) is 3.22. The molecule has 0 atom stereocenters. The number of nitrogens with zero attached hydrogens (tertiary/aromatic N) is 1. The molecule has 6 nitrogen and oxygen atoms in total. The predicted molar refractivity (Wildman–Crippen MR) is 78.4 cm³/mol. The Kier molecular flexibility index (Phi) is 5.33. The van der Waals surface area contributed by atoms with Gasteiger partial charge in [-0.3, -0.25) is 5.84 Å². The van der Waals surface area contributed by atoms with Gasteiger partial charge in [-0.2, -0.15) is 0 Å². The number of pyridine rings is 1. The molecule has 0 aromatic carbocycles. The van der Waals surface area contributed by atoms with Crippen molar-refractivity contribution in [2.24, 2.45) is 11.8 Å². The molecule has 0 amide bonds. The van der Waals surface area contributed by atoms with Crippen molar-refractivity contribution in [3.8, 4) is 0 Å². The molecule has 0 unspecified atom stereocenters. The first-order valence-electron chi connectivity index (χ1n) is 7.05. The normalized spacial score (nSPS) is 16.4. The third-order valence-electron chi connectivity index (χ3n) is 3.74. The van der Waals surface area contributed by atoms with Gasteiger partial charge in [0.2, 0.25) is 0 Å². The van der Waals surface area contributed by atoms with Crippen molar-refractivity contribution < 1.29 is 8.42 Å². The summed E-state index contributed by atoms with van der Waals surface area (Å²) in [6.07, 6.45) is 8.59. The van der Waals surface area contributed by atoms with E-state index in [-0.39, 0.29) is 5.03 Å². The number of hydrogen-bond donors (Lipinski definition) is 3. The van der Waals surface area contributed by atoms with E-state index in [1.165, 1.54) is 31.9 Å². The van der Waals surface area contributed by atoms with Gasteiger partial charge in [0.15, 0.2) is 5.03 Å². The zero-order valence-corrected chi connectivity index (χ0v) is 12.3. The minimum atomic E-state index is -3.60. The van der Waals surface area contributed by atoms with Crippen LogP contribution in [0.5, 0.6) is 0 Å². The lowest BCUT2D eigenvalue weighted by molar-refractivity contribution is 0.480. The molecule has 1 aliphatic rings. The van der Waals surface area contributed by atoms with Crippen LogP contribution in [0.4, 0.5) is 5.69 Å². The highest BCUT2D eigenvalue weighted by atomic mass is 32.2. The van der Waals surface area contributed by atoms with Gasteiger partial charge in [-0.15, -0.1) is 0 Å². The summed E-state index contributed by atoms with van der Waals surface area (Å²) in [7, 11) is -3.60. The number of nitrogens with one attached hydrogen (secondary N) is 2. The fourth-order valence-electron chi connectivity index (χ4n) is 2.68. The lowest BCUT2D eigenvalue weighted by atomic mass is 10.0. The van der Waals surface area contributed by atoms with Crippen molar-refractivity contribution >= 4 is 15.7 Å². The third kappa shape index (κ3) is 3.91. The van der Waals surface area contributed by atoms with Crippen molar-refractivity contribution in [2.45, 2.75) is 43.6 Å². The molecule has 4 N–H and O–H groups in total. The molecular weight excluding hydrogens is 276 g/mol. The van der Waals surface area contributed by atoms with E-state index in [4.69, 9.17) is 5.84 Å². The number of nitrogens with two attached hydrogens (primary N) is 1. The number of hydrogen-bond acceptors (Lipinski definition) is 5. The van der Waals surface area contributed by atoms with Gasteiger partial charge in [0, 0.05) is 12.7 Å². The molecule has 1 aromatic heterocycles. The van der Waals surface area contributed by atoms with Crippen LogP contribution >= 0.6 is 0 Å². The maximum atomic E-state index is 12.1. The molecule has 1 heterocycles. The van der Waals surface area contributed by atoms with E-state index in [0.717, 1.165) is 18.8 Å². The third-order valence-corrected chi connectivity index (χ3v) is 5.16. The molecule has 1 aliphatic carbocycles. The molecule has 2 rings (SSSR count). The van der Waals surface area contributed by atoms with Crippen molar-refractivity contribution in [1.82, 2.24) is 9.71 Å². The SMILES string of the molecule is NNc1cccnc1S(=O)(=O)NCCCC1CCCC1. The van der Waals surface area contributed by atoms with E-state index in [1.807, 2.05) is 0 Å². The second kappa shape index (κ2) is 7.01. The first-order valence-corrected chi connectivity index (χ1v) is 8.53. The molecule has 1 aromatic rings. The van der Waals surface area contributed by atoms with E-state index in [0.29, 0.717) is 12.2 Å². The van der Waals surface area contributed by atoms with E-state index in [2.05, 4.69) is 15.1 Å². The van der Waals surface area contributed by atoms with E-state index in [9.17, 15) is 8.42 Å². The Labute approximate surface area is 120 Å². The number of anilines is 1. The zero-order chi connectivity index (χ0) is 14.4. The Morgan fingerprint density at radius 3 is 2.80 bits per heavy atom. The monoisotopic (exact) mass is 298 g/mol. The highest BCUT2D eigenvalue weighted by molar-refractivity contribution is 7.89. The molecule has 0 saturated heterocycles. The number of rotatable bonds is 7. The Morgan fingerprint density at radius 1 is 1.35 bits per heavy atom. The quantitative estimate of drug-likeness (QED) is 0.404. The topological polar surface area (TPSA) is 97.1 Å². The van der Waals surface area contributed by atoms with Crippen molar-refractivity contribution in [3.05, 3.63) is 18.3 Å². The average Bonchev–Trinajstić information content (AvgIpc) is 2.97. The van der Waals surface area contributed by atoms with E-state index >= 15 is 0 Å². The van der Waals surface area contributed by atoms with Gasteiger partial charge in [-0.05, 0) is 30.9 Å². The highest BCUT2D eigenvalue weighted by Gasteiger charge is 2.20. The minimum absolute atomic E-state index is 0.0524. The summed E-state index contributed by atoms with van der Waals surface area (Å²) in [5.74, 6) is 6.08.